The molecule has 2 aromatic carbocycles. The van der Waals surface area contributed by atoms with Crippen molar-refractivity contribution in [3.05, 3.63) is 58.6 Å². The maximum atomic E-state index is 12.4. The van der Waals surface area contributed by atoms with E-state index in [-0.39, 0.29) is 24.2 Å². The summed E-state index contributed by atoms with van der Waals surface area (Å²) >= 11 is 5.88. The Morgan fingerprint density at radius 2 is 1.96 bits per heavy atom. The topological polar surface area (TPSA) is 79.8 Å². The van der Waals surface area contributed by atoms with Crippen molar-refractivity contribution in [2.45, 2.75) is 12.7 Å². The molecule has 3 N–H and O–H groups in total. The number of methoxy groups -OCH3 is 1. The van der Waals surface area contributed by atoms with Crippen molar-refractivity contribution in [2.24, 2.45) is 5.92 Å². The average molecular weight is 427 g/mol. The van der Waals surface area contributed by atoms with Gasteiger partial charge in [-0.2, -0.15) is 0 Å². The van der Waals surface area contributed by atoms with Crippen molar-refractivity contribution >= 4 is 29.9 Å². The molecule has 0 radical (unpaired) electrons. The van der Waals surface area contributed by atoms with Crippen molar-refractivity contribution in [1.82, 2.24) is 10.6 Å². The molecule has 2 atom stereocenters. The van der Waals surface area contributed by atoms with Gasteiger partial charge in [0.1, 0.15) is 6.61 Å². The van der Waals surface area contributed by atoms with Gasteiger partial charge in [0.05, 0.1) is 13.2 Å². The minimum absolute atomic E-state index is 0. The number of nitrogens with one attached hydrogen (secondary N) is 2. The van der Waals surface area contributed by atoms with Gasteiger partial charge in [-0.3, -0.25) is 4.79 Å². The van der Waals surface area contributed by atoms with Crippen LogP contribution in [0.3, 0.4) is 0 Å². The Morgan fingerprint density at radius 3 is 2.61 bits per heavy atom. The van der Waals surface area contributed by atoms with E-state index in [4.69, 9.17) is 21.1 Å². The largest absolute Gasteiger partial charge is 0.493 e. The van der Waals surface area contributed by atoms with Crippen LogP contribution < -0.4 is 20.1 Å². The maximum Gasteiger partial charge on any atom is 0.251 e. The fraction of sp³-hybridized carbons (Fsp3) is 0.350. The summed E-state index contributed by atoms with van der Waals surface area (Å²) in [7, 11) is 1.53. The number of rotatable bonds is 7. The number of aliphatic hydroxyl groups excluding tert-OH is 1. The number of amides is 1. The van der Waals surface area contributed by atoms with Crippen LogP contribution in [0.2, 0.25) is 5.02 Å². The van der Waals surface area contributed by atoms with Crippen molar-refractivity contribution in [3.8, 4) is 11.5 Å². The van der Waals surface area contributed by atoms with Gasteiger partial charge in [-0.1, -0.05) is 23.7 Å². The third-order valence-corrected chi connectivity index (χ3v) is 4.81. The summed E-state index contributed by atoms with van der Waals surface area (Å²) in [4.78, 5) is 12.4. The molecule has 2 aromatic rings. The number of carbonyl (C=O) groups excluding carboxylic acids is 1. The molecule has 1 amide bonds. The first-order chi connectivity index (χ1) is 13.1. The first-order valence-electron chi connectivity index (χ1n) is 8.79. The molecule has 0 bridgehead atoms. The SMILES string of the molecule is COc1cc(C(=O)NCC2CNCC2O)ccc1OCc1ccc(Cl)cc1.Cl. The van der Waals surface area contributed by atoms with Gasteiger partial charge in [-0.05, 0) is 35.9 Å². The fourth-order valence-electron chi connectivity index (χ4n) is 2.92. The lowest BCUT2D eigenvalue weighted by Gasteiger charge is -2.15. The molecule has 0 spiro atoms. The van der Waals surface area contributed by atoms with Crippen LogP contribution in [-0.2, 0) is 6.61 Å². The number of β-amino-alcohol motifs (C(OH)–C–C–N with tert-alkyl or cyclic N) is 1. The van der Waals surface area contributed by atoms with Gasteiger partial charge in [0, 0.05) is 36.1 Å². The first kappa shape index (κ1) is 22.3. The van der Waals surface area contributed by atoms with Gasteiger partial charge in [0.2, 0.25) is 0 Å². The van der Waals surface area contributed by atoms with E-state index in [2.05, 4.69) is 10.6 Å². The molecular weight excluding hydrogens is 403 g/mol. The predicted octanol–water partition coefficient (Wildman–Crippen LogP) is 2.66. The quantitative estimate of drug-likeness (QED) is 0.633. The van der Waals surface area contributed by atoms with Gasteiger partial charge < -0.3 is 25.2 Å². The monoisotopic (exact) mass is 426 g/mol. The van der Waals surface area contributed by atoms with Gasteiger partial charge in [0.15, 0.2) is 11.5 Å². The third-order valence-electron chi connectivity index (χ3n) is 4.56. The third kappa shape index (κ3) is 5.75. The second kappa shape index (κ2) is 10.5. The van der Waals surface area contributed by atoms with Crippen LogP contribution in [0.1, 0.15) is 15.9 Å². The lowest BCUT2D eigenvalue weighted by atomic mass is 10.1. The number of halogens is 2. The molecule has 152 valence electrons. The van der Waals surface area contributed by atoms with Crippen molar-refractivity contribution in [1.29, 1.82) is 0 Å². The van der Waals surface area contributed by atoms with Crippen LogP contribution >= 0.6 is 24.0 Å². The average Bonchev–Trinajstić information content (AvgIpc) is 3.10. The lowest BCUT2D eigenvalue weighted by molar-refractivity contribution is 0.0926. The minimum Gasteiger partial charge on any atom is -0.493 e. The smallest absolute Gasteiger partial charge is 0.251 e. The molecule has 0 aliphatic carbocycles. The summed E-state index contributed by atoms with van der Waals surface area (Å²) < 4.78 is 11.2. The molecule has 6 nitrogen and oxygen atoms in total. The predicted molar refractivity (Wildman–Crippen MR) is 111 cm³/mol. The second-order valence-electron chi connectivity index (χ2n) is 6.48. The van der Waals surface area contributed by atoms with Crippen molar-refractivity contribution in [2.75, 3.05) is 26.7 Å². The molecule has 8 heteroatoms. The number of aliphatic hydroxyl groups is 1. The van der Waals surface area contributed by atoms with E-state index in [1.54, 1.807) is 18.2 Å². The summed E-state index contributed by atoms with van der Waals surface area (Å²) in [5.41, 5.74) is 1.46. The number of carbonyl (C=O) groups is 1. The maximum absolute atomic E-state index is 12.4. The van der Waals surface area contributed by atoms with E-state index in [1.807, 2.05) is 24.3 Å². The highest BCUT2D eigenvalue weighted by Gasteiger charge is 2.25. The molecule has 2 unspecified atom stereocenters. The van der Waals surface area contributed by atoms with Gasteiger partial charge in [0.25, 0.3) is 5.91 Å². The van der Waals surface area contributed by atoms with E-state index in [9.17, 15) is 9.90 Å². The zero-order valence-electron chi connectivity index (χ0n) is 15.5. The van der Waals surface area contributed by atoms with Crippen molar-refractivity contribution in [3.63, 3.8) is 0 Å². The number of hydrogen-bond acceptors (Lipinski definition) is 5. The summed E-state index contributed by atoms with van der Waals surface area (Å²) in [5.74, 6) is 0.855. The van der Waals surface area contributed by atoms with Gasteiger partial charge >= 0.3 is 0 Å². The molecule has 3 rings (SSSR count). The Hall–Kier alpha value is -1.99. The molecule has 1 heterocycles. The van der Waals surface area contributed by atoms with Crippen LogP contribution in [0.15, 0.2) is 42.5 Å². The number of benzene rings is 2. The highest BCUT2D eigenvalue weighted by molar-refractivity contribution is 6.30. The summed E-state index contributed by atoms with van der Waals surface area (Å²) in [6, 6.07) is 12.5. The Labute approximate surface area is 175 Å². The second-order valence-corrected chi connectivity index (χ2v) is 6.91. The van der Waals surface area contributed by atoms with Crippen LogP contribution in [0, 0.1) is 5.92 Å². The van der Waals surface area contributed by atoms with E-state index >= 15 is 0 Å². The van der Waals surface area contributed by atoms with Crippen molar-refractivity contribution < 1.29 is 19.4 Å². The molecule has 0 aromatic heterocycles. The minimum atomic E-state index is -0.427. The fourth-order valence-corrected chi connectivity index (χ4v) is 3.05. The molecule has 1 fully saturated rings. The highest BCUT2D eigenvalue weighted by atomic mass is 35.5. The summed E-state index contributed by atoms with van der Waals surface area (Å²) in [6.07, 6.45) is -0.427. The Bertz CT molecular complexity index is 786. The zero-order valence-corrected chi connectivity index (χ0v) is 17.1. The number of ether oxygens (including phenoxy) is 2. The van der Waals surface area contributed by atoms with Crippen LogP contribution in [0.4, 0.5) is 0 Å². The Kier molecular flexibility index (Phi) is 8.38. The van der Waals surface area contributed by atoms with Gasteiger partial charge in [-0.25, -0.2) is 0 Å². The van der Waals surface area contributed by atoms with E-state index in [0.29, 0.717) is 48.3 Å². The molecule has 1 aliphatic heterocycles. The summed E-state index contributed by atoms with van der Waals surface area (Å²) in [5, 5.41) is 16.4. The molecule has 1 saturated heterocycles. The van der Waals surface area contributed by atoms with E-state index in [0.717, 1.165) is 5.56 Å². The van der Waals surface area contributed by atoms with Crippen LogP contribution in [-0.4, -0.2) is 43.9 Å². The standard InChI is InChI=1S/C20H23ClN2O4.ClH/c1-26-19-8-14(20(25)23-10-15-9-22-11-17(15)24)4-7-18(19)27-12-13-2-5-16(21)6-3-13;/h2-8,15,17,22,24H,9-12H2,1H3,(H,23,25);1H. The zero-order chi connectivity index (χ0) is 19.2. The Morgan fingerprint density at radius 1 is 1.21 bits per heavy atom. The number of hydrogen-bond donors (Lipinski definition) is 3. The normalized spacial score (nSPS) is 18.2. The van der Waals surface area contributed by atoms with Crippen LogP contribution in [0.25, 0.3) is 0 Å². The molecular formula is C20H24Cl2N2O4. The van der Waals surface area contributed by atoms with E-state index < -0.39 is 6.10 Å². The summed E-state index contributed by atoms with van der Waals surface area (Å²) in [6.45, 7) is 2.05. The Balaban J connectivity index is 0.00000280. The lowest BCUT2D eigenvalue weighted by Crippen LogP contribution is -2.34. The van der Waals surface area contributed by atoms with Gasteiger partial charge in [-0.15, -0.1) is 12.4 Å². The molecule has 0 saturated carbocycles. The van der Waals surface area contributed by atoms with E-state index in [1.165, 1.54) is 7.11 Å². The molecule has 28 heavy (non-hydrogen) atoms. The van der Waals surface area contributed by atoms with Crippen LogP contribution in [0.5, 0.6) is 11.5 Å². The molecule has 1 aliphatic rings. The highest BCUT2D eigenvalue weighted by Crippen LogP contribution is 2.29. The first-order valence-corrected chi connectivity index (χ1v) is 9.17.